The van der Waals surface area contributed by atoms with Crippen molar-refractivity contribution in [2.75, 3.05) is 16.8 Å². The van der Waals surface area contributed by atoms with Crippen LogP contribution in [0.15, 0.2) is 18.2 Å². The maximum absolute atomic E-state index is 11.6. The van der Waals surface area contributed by atoms with Crippen LogP contribution in [-0.2, 0) is 4.79 Å². The van der Waals surface area contributed by atoms with Gasteiger partial charge < -0.3 is 5.32 Å². The zero-order valence-electron chi connectivity index (χ0n) is 9.58. The Balaban J connectivity index is 2.36. The van der Waals surface area contributed by atoms with E-state index in [0.717, 1.165) is 12.2 Å². The van der Waals surface area contributed by atoms with Crippen molar-refractivity contribution in [2.45, 2.75) is 12.8 Å². The smallest absolute Gasteiger partial charge is 0.234 e. The number of anilines is 1. The maximum atomic E-state index is 11.6. The summed E-state index contributed by atoms with van der Waals surface area (Å²) < 4.78 is 0. The number of thioether (sulfide) groups is 1. The molecule has 0 aliphatic rings. The molecule has 6 heteroatoms. The normalized spacial score (nSPS) is 9.83. The molecule has 0 aliphatic heterocycles. The van der Waals surface area contributed by atoms with Gasteiger partial charge in [-0.1, -0.05) is 23.2 Å². The molecule has 0 spiro atoms. The molecule has 0 aromatic heterocycles. The van der Waals surface area contributed by atoms with Gasteiger partial charge in [0.15, 0.2) is 0 Å². The van der Waals surface area contributed by atoms with Crippen molar-refractivity contribution in [1.29, 1.82) is 5.26 Å². The van der Waals surface area contributed by atoms with Crippen LogP contribution in [0.1, 0.15) is 12.8 Å². The zero-order valence-corrected chi connectivity index (χ0v) is 11.9. The Kier molecular flexibility index (Phi) is 6.96. The average molecular weight is 303 g/mol. The van der Waals surface area contributed by atoms with Gasteiger partial charge in [-0.25, -0.2) is 0 Å². The fourth-order valence-corrected chi connectivity index (χ4v) is 2.28. The van der Waals surface area contributed by atoms with Gasteiger partial charge in [-0.05, 0) is 30.4 Å². The first-order valence-corrected chi connectivity index (χ1v) is 7.24. The van der Waals surface area contributed by atoms with E-state index in [-0.39, 0.29) is 5.91 Å². The number of amides is 1. The number of carbonyl (C=O) groups is 1. The van der Waals surface area contributed by atoms with Crippen LogP contribution < -0.4 is 5.32 Å². The number of carbonyl (C=O) groups excluding carboxylic acids is 1. The predicted octanol–water partition coefficient (Wildman–Crippen LogP) is 3.97. The molecule has 0 fully saturated rings. The Bertz CT molecular complexity index is 460. The number of halogens is 2. The summed E-state index contributed by atoms with van der Waals surface area (Å²) in [5, 5.41) is 12.0. The first-order chi connectivity index (χ1) is 8.63. The molecule has 0 aliphatic carbocycles. The van der Waals surface area contributed by atoms with E-state index in [4.69, 9.17) is 28.5 Å². The van der Waals surface area contributed by atoms with E-state index >= 15 is 0 Å². The number of unbranched alkanes of at least 4 members (excludes halogenated alkanes) is 1. The molecule has 0 heterocycles. The maximum Gasteiger partial charge on any atom is 0.234 e. The van der Waals surface area contributed by atoms with Crippen molar-refractivity contribution in [3.05, 3.63) is 28.2 Å². The van der Waals surface area contributed by atoms with Crippen molar-refractivity contribution in [3.63, 3.8) is 0 Å². The third-order valence-electron chi connectivity index (χ3n) is 2.01. The van der Waals surface area contributed by atoms with Gasteiger partial charge >= 0.3 is 0 Å². The highest BCUT2D eigenvalue weighted by atomic mass is 35.5. The molecule has 1 aromatic rings. The summed E-state index contributed by atoms with van der Waals surface area (Å²) in [6.45, 7) is 0. The van der Waals surface area contributed by atoms with Crippen molar-refractivity contribution in [1.82, 2.24) is 0 Å². The number of nitrogens with one attached hydrogen (secondary N) is 1. The standard InChI is InChI=1S/C12H12Cl2N2OS/c13-9-3-4-10(14)11(7-9)16-12(17)8-18-6-2-1-5-15/h3-4,7H,1-2,6,8H2,(H,16,17). The summed E-state index contributed by atoms with van der Waals surface area (Å²) >= 11 is 13.2. The van der Waals surface area contributed by atoms with Gasteiger partial charge in [0.1, 0.15) is 0 Å². The lowest BCUT2D eigenvalue weighted by molar-refractivity contribution is -0.113. The number of rotatable bonds is 6. The van der Waals surface area contributed by atoms with Crippen LogP contribution in [0.3, 0.4) is 0 Å². The molecule has 1 rings (SSSR count). The first-order valence-electron chi connectivity index (χ1n) is 5.33. The lowest BCUT2D eigenvalue weighted by Gasteiger charge is -2.07. The Labute approximate surface area is 120 Å². The van der Waals surface area contributed by atoms with E-state index in [1.807, 2.05) is 0 Å². The third kappa shape index (κ3) is 5.63. The fourth-order valence-electron chi connectivity index (χ4n) is 1.20. The van der Waals surface area contributed by atoms with Crippen LogP contribution in [0, 0.1) is 11.3 Å². The molecule has 1 aromatic carbocycles. The average Bonchev–Trinajstić information content (AvgIpc) is 2.33. The van der Waals surface area contributed by atoms with Crippen molar-refractivity contribution < 1.29 is 4.79 Å². The molecule has 3 nitrogen and oxygen atoms in total. The number of nitrogens with zero attached hydrogens (tertiary/aromatic N) is 1. The molecular formula is C12H12Cl2N2OS. The minimum Gasteiger partial charge on any atom is -0.324 e. The minimum absolute atomic E-state index is 0.124. The van der Waals surface area contributed by atoms with Crippen molar-refractivity contribution in [3.8, 4) is 6.07 Å². The molecule has 0 bridgehead atoms. The Morgan fingerprint density at radius 2 is 2.22 bits per heavy atom. The summed E-state index contributed by atoms with van der Waals surface area (Å²) in [4.78, 5) is 11.6. The van der Waals surface area contributed by atoms with Crippen molar-refractivity contribution in [2.24, 2.45) is 0 Å². The fraction of sp³-hybridized carbons (Fsp3) is 0.333. The quantitative estimate of drug-likeness (QED) is 0.809. The second-order valence-corrected chi connectivity index (χ2v) is 5.44. The molecule has 96 valence electrons. The van der Waals surface area contributed by atoms with Crippen LogP contribution in [0.5, 0.6) is 0 Å². The molecule has 18 heavy (non-hydrogen) atoms. The second-order valence-electron chi connectivity index (χ2n) is 3.49. The van der Waals surface area contributed by atoms with Gasteiger partial charge in [0.25, 0.3) is 0 Å². The van der Waals surface area contributed by atoms with E-state index in [1.165, 1.54) is 11.8 Å². The lowest BCUT2D eigenvalue weighted by Crippen LogP contribution is -2.14. The summed E-state index contributed by atoms with van der Waals surface area (Å²) in [7, 11) is 0. The molecule has 1 amide bonds. The zero-order chi connectivity index (χ0) is 13.4. The van der Waals surface area contributed by atoms with Crippen LogP contribution in [-0.4, -0.2) is 17.4 Å². The van der Waals surface area contributed by atoms with Gasteiger partial charge in [-0.2, -0.15) is 17.0 Å². The van der Waals surface area contributed by atoms with E-state index in [2.05, 4.69) is 11.4 Å². The highest BCUT2D eigenvalue weighted by Crippen LogP contribution is 2.25. The monoisotopic (exact) mass is 302 g/mol. The van der Waals surface area contributed by atoms with Gasteiger partial charge in [0, 0.05) is 11.4 Å². The largest absolute Gasteiger partial charge is 0.324 e. The summed E-state index contributed by atoms with van der Waals surface area (Å²) in [5.74, 6) is 1.01. The summed E-state index contributed by atoms with van der Waals surface area (Å²) in [5.41, 5.74) is 0.520. The first kappa shape index (κ1) is 15.2. The highest BCUT2D eigenvalue weighted by molar-refractivity contribution is 7.99. The van der Waals surface area contributed by atoms with Gasteiger partial charge in [-0.3, -0.25) is 4.79 Å². The SMILES string of the molecule is N#CCCCSCC(=O)Nc1cc(Cl)ccc1Cl. The van der Waals surface area contributed by atoms with E-state index in [1.54, 1.807) is 18.2 Å². The predicted molar refractivity (Wildman–Crippen MR) is 77.3 cm³/mol. The lowest BCUT2D eigenvalue weighted by atomic mass is 10.3. The summed E-state index contributed by atoms with van der Waals surface area (Å²) in [6.07, 6.45) is 1.32. The van der Waals surface area contributed by atoms with E-state index in [0.29, 0.717) is 27.9 Å². The number of hydrogen-bond donors (Lipinski definition) is 1. The van der Waals surface area contributed by atoms with Crippen molar-refractivity contribution >= 4 is 46.6 Å². The highest BCUT2D eigenvalue weighted by Gasteiger charge is 2.06. The molecule has 0 atom stereocenters. The van der Waals surface area contributed by atoms with Gasteiger partial charge in [0.05, 0.1) is 22.5 Å². The molecule has 1 N–H and O–H groups in total. The molecule has 0 saturated carbocycles. The van der Waals surface area contributed by atoms with E-state index < -0.39 is 0 Å². The number of nitriles is 1. The van der Waals surface area contributed by atoms with Crippen LogP contribution in [0.2, 0.25) is 10.0 Å². The van der Waals surface area contributed by atoms with E-state index in [9.17, 15) is 4.79 Å². The number of hydrogen-bond acceptors (Lipinski definition) is 3. The molecule has 0 saturated heterocycles. The number of benzene rings is 1. The summed E-state index contributed by atoms with van der Waals surface area (Å²) in [6, 6.07) is 6.98. The van der Waals surface area contributed by atoms with Crippen LogP contribution >= 0.6 is 35.0 Å². The Morgan fingerprint density at radius 1 is 1.44 bits per heavy atom. The molecule has 0 radical (unpaired) electrons. The Morgan fingerprint density at radius 3 is 2.94 bits per heavy atom. The van der Waals surface area contributed by atoms with Crippen LogP contribution in [0.4, 0.5) is 5.69 Å². The molecular weight excluding hydrogens is 291 g/mol. The third-order valence-corrected chi connectivity index (χ3v) is 3.62. The minimum atomic E-state index is -0.124. The van der Waals surface area contributed by atoms with Gasteiger partial charge in [-0.15, -0.1) is 0 Å². The van der Waals surface area contributed by atoms with Crippen LogP contribution in [0.25, 0.3) is 0 Å². The van der Waals surface area contributed by atoms with Gasteiger partial charge in [0.2, 0.25) is 5.91 Å². The Hall–Kier alpha value is -0.890. The molecule has 0 unspecified atom stereocenters. The second kappa shape index (κ2) is 8.25. The topological polar surface area (TPSA) is 52.9 Å².